The first-order valence-corrected chi connectivity index (χ1v) is 20.8. The molecule has 0 unspecified atom stereocenters. The highest BCUT2D eigenvalue weighted by Gasteiger charge is 2.66. The summed E-state index contributed by atoms with van der Waals surface area (Å²) in [5, 5.41) is 10.6. The minimum absolute atomic E-state index is 0.0142. The molecule has 3 saturated carbocycles. The maximum Gasteiger partial charge on any atom is 0.410 e. The summed E-state index contributed by atoms with van der Waals surface area (Å²) in [5.74, 6) is 3.92. The molecule has 0 aromatic carbocycles. The van der Waals surface area contributed by atoms with E-state index in [1.54, 1.807) is 5.57 Å². The minimum atomic E-state index is -0.298. The second-order valence-corrected chi connectivity index (χ2v) is 19.5. The molecule has 2 aliphatic heterocycles. The number of carbonyl (C=O) groups excluding carboxylic acids is 1. The molecular formula is C42H74N4O4. The molecule has 0 radical (unpaired) electrons. The summed E-state index contributed by atoms with van der Waals surface area (Å²) in [6.45, 7) is 25.1. The summed E-state index contributed by atoms with van der Waals surface area (Å²) in [7, 11) is 0. The van der Waals surface area contributed by atoms with Crippen molar-refractivity contribution < 1.29 is 19.0 Å². The third kappa shape index (κ3) is 8.45. The zero-order valence-corrected chi connectivity index (χ0v) is 33.2. The average Bonchev–Trinajstić information content (AvgIpc) is 3.54. The summed E-state index contributed by atoms with van der Waals surface area (Å²) in [4.78, 5) is 15.6. The van der Waals surface area contributed by atoms with Gasteiger partial charge >= 0.3 is 6.09 Å². The van der Waals surface area contributed by atoms with Crippen LogP contribution in [0.1, 0.15) is 126 Å². The van der Waals surface area contributed by atoms with Gasteiger partial charge in [0.15, 0.2) is 5.79 Å². The number of fused-ring (bicyclic) bond motifs is 7. The van der Waals surface area contributed by atoms with Gasteiger partial charge in [0, 0.05) is 64.1 Å². The van der Waals surface area contributed by atoms with Crippen molar-refractivity contribution in [3.8, 4) is 0 Å². The lowest BCUT2D eigenvalue weighted by Gasteiger charge is -2.58. The van der Waals surface area contributed by atoms with Crippen LogP contribution in [-0.4, -0.2) is 86.9 Å². The number of nitrogens with one attached hydrogen (secondary N) is 3. The van der Waals surface area contributed by atoms with E-state index < -0.39 is 0 Å². The van der Waals surface area contributed by atoms with Crippen LogP contribution in [-0.2, 0) is 14.2 Å². The van der Waals surface area contributed by atoms with E-state index >= 15 is 0 Å². The Labute approximate surface area is 305 Å². The number of hydrogen-bond acceptors (Lipinski definition) is 7. The van der Waals surface area contributed by atoms with E-state index in [1.165, 1.54) is 38.5 Å². The Kier molecular flexibility index (Phi) is 12.1. The van der Waals surface area contributed by atoms with E-state index in [2.05, 4.69) is 77.4 Å². The molecule has 1 amide bonds. The van der Waals surface area contributed by atoms with E-state index in [0.29, 0.717) is 36.4 Å². The summed E-state index contributed by atoms with van der Waals surface area (Å²) in [5.41, 5.74) is 2.16. The van der Waals surface area contributed by atoms with Gasteiger partial charge in [-0.1, -0.05) is 46.3 Å². The van der Waals surface area contributed by atoms with Crippen molar-refractivity contribution in [3.63, 3.8) is 0 Å². The monoisotopic (exact) mass is 699 g/mol. The highest BCUT2D eigenvalue weighted by molar-refractivity contribution is 5.68. The number of hydrogen-bond donors (Lipinski definition) is 3. The molecule has 286 valence electrons. The van der Waals surface area contributed by atoms with Crippen LogP contribution in [0.4, 0.5) is 4.79 Å². The maximum absolute atomic E-state index is 13.7. The van der Waals surface area contributed by atoms with Gasteiger partial charge in [0.2, 0.25) is 0 Å². The average molecular weight is 699 g/mol. The van der Waals surface area contributed by atoms with E-state index in [1.807, 2.05) is 4.90 Å². The molecule has 0 aromatic heterocycles. The number of ether oxygens (including phenoxy) is 3. The van der Waals surface area contributed by atoms with Crippen molar-refractivity contribution in [1.29, 1.82) is 0 Å². The lowest BCUT2D eigenvalue weighted by molar-refractivity contribution is -0.255. The third-order valence-corrected chi connectivity index (χ3v) is 14.3. The molecule has 50 heavy (non-hydrogen) atoms. The van der Waals surface area contributed by atoms with Gasteiger partial charge in [-0.15, -0.1) is 0 Å². The Balaban J connectivity index is 1.02. The predicted octanol–water partition coefficient (Wildman–Crippen LogP) is 7.53. The Morgan fingerprint density at radius 3 is 2.46 bits per heavy atom. The second kappa shape index (κ2) is 15.7. The number of rotatable bonds is 13. The van der Waals surface area contributed by atoms with Crippen LogP contribution in [0.2, 0.25) is 0 Å². The highest BCUT2D eigenvalue weighted by atomic mass is 16.7. The lowest BCUT2D eigenvalue weighted by atomic mass is 9.47. The fraction of sp³-hybridized carbons (Fsp3) is 0.929. The molecule has 2 heterocycles. The van der Waals surface area contributed by atoms with Gasteiger partial charge in [-0.3, -0.25) is 0 Å². The standard InChI is InChI=1S/C42H74N4O4/c1-29(2)14-18-43-19-20-44-21-23-46(24-22-45-39(4,5)6)38(47)49-32-12-15-40(7)31(25-32)9-10-33-34(40)13-16-41(8)35(33)26-37-36(41)27-42(50-37)17-11-30(3)28-48-42/h9,29-30,32-37,43-45H,10-28H2,1-8H3/t30-,32+,33-,34+,35+,36+,37+,40+,41+,42-/m1/s1. The molecule has 4 aliphatic carbocycles. The molecule has 1 spiro atoms. The fourth-order valence-electron chi connectivity index (χ4n) is 11.3. The van der Waals surface area contributed by atoms with Crippen LogP contribution in [0, 0.1) is 46.3 Å². The van der Waals surface area contributed by atoms with Crippen LogP contribution < -0.4 is 16.0 Å². The van der Waals surface area contributed by atoms with Gasteiger partial charge in [-0.25, -0.2) is 4.79 Å². The van der Waals surface area contributed by atoms with E-state index in [4.69, 9.17) is 14.2 Å². The number of amides is 1. The molecule has 6 aliphatic rings. The van der Waals surface area contributed by atoms with Crippen molar-refractivity contribution in [2.75, 3.05) is 52.4 Å². The highest BCUT2D eigenvalue weighted by Crippen LogP contribution is 2.69. The van der Waals surface area contributed by atoms with Gasteiger partial charge in [0.25, 0.3) is 0 Å². The summed E-state index contributed by atoms with van der Waals surface area (Å²) < 4.78 is 19.7. The normalized spacial score (nSPS) is 39.5. The molecule has 3 N–H and O–H groups in total. The van der Waals surface area contributed by atoms with Crippen LogP contribution in [0.5, 0.6) is 0 Å². The van der Waals surface area contributed by atoms with Crippen molar-refractivity contribution in [3.05, 3.63) is 11.6 Å². The molecule has 0 aromatic rings. The van der Waals surface area contributed by atoms with Crippen molar-refractivity contribution in [1.82, 2.24) is 20.9 Å². The summed E-state index contributed by atoms with van der Waals surface area (Å²) in [6, 6.07) is 0. The van der Waals surface area contributed by atoms with Gasteiger partial charge < -0.3 is 35.1 Å². The molecule has 8 heteroatoms. The predicted molar refractivity (Wildman–Crippen MR) is 202 cm³/mol. The summed E-state index contributed by atoms with van der Waals surface area (Å²) >= 11 is 0. The number of nitrogens with zero attached hydrogens (tertiary/aromatic N) is 1. The molecule has 2 saturated heterocycles. The molecule has 8 nitrogen and oxygen atoms in total. The smallest absolute Gasteiger partial charge is 0.410 e. The first-order valence-electron chi connectivity index (χ1n) is 20.8. The zero-order chi connectivity index (χ0) is 35.7. The van der Waals surface area contributed by atoms with Crippen molar-refractivity contribution >= 4 is 6.09 Å². The molecular weight excluding hydrogens is 624 g/mol. The molecule has 6 rings (SSSR count). The van der Waals surface area contributed by atoms with Crippen LogP contribution in [0.3, 0.4) is 0 Å². The van der Waals surface area contributed by atoms with Gasteiger partial charge in [-0.2, -0.15) is 0 Å². The van der Waals surface area contributed by atoms with Crippen LogP contribution in [0.15, 0.2) is 11.6 Å². The van der Waals surface area contributed by atoms with Crippen LogP contribution in [0.25, 0.3) is 0 Å². The quantitative estimate of drug-likeness (QED) is 0.136. The van der Waals surface area contributed by atoms with Gasteiger partial charge in [0.1, 0.15) is 6.10 Å². The third-order valence-electron chi connectivity index (χ3n) is 14.3. The molecule has 0 bridgehead atoms. The largest absolute Gasteiger partial charge is 0.446 e. The summed E-state index contributed by atoms with van der Waals surface area (Å²) in [6.07, 6.45) is 15.4. The maximum atomic E-state index is 13.7. The zero-order valence-electron chi connectivity index (χ0n) is 33.2. The fourth-order valence-corrected chi connectivity index (χ4v) is 11.3. The van der Waals surface area contributed by atoms with Crippen molar-refractivity contribution in [2.24, 2.45) is 46.3 Å². The lowest BCUT2D eigenvalue weighted by Crippen LogP contribution is -2.51. The SMILES string of the molecule is CC(C)CCNCCNCCN(CCNC(C)(C)C)C(=O)O[C@H]1CC[C@@]2(C)C(=CC[C@H]3[C@@H]4C[C@@H]5O[C@]6(CC[C@@H](C)CO6)C[C@@H]5[C@@]4(C)CC[C@@H]32)C1. The Bertz CT molecular complexity index is 1180. The first-order chi connectivity index (χ1) is 23.7. The number of carbonyl (C=O) groups is 1. The Hall–Kier alpha value is -1.19. The van der Waals surface area contributed by atoms with E-state index in [-0.39, 0.29) is 28.9 Å². The Morgan fingerprint density at radius 1 is 0.980 bits per heavy atom. The first kappa shape index (κ1) is 38.5. The minimum Gasteiger partial charge on any atom is -0.446 e. The van der Waals surface area contributed by atoms with Crippen molar-refractivity contribution in [2.45, 2.75) is 150 Å². The molecule has 10 atom stereocenters. The second-order valence-electron chi connectivity index (χ2n) is 19.5. The van der Waals surface area contributed by atoms with Gasteiger partial charge in [-0.05, 0) is 125 Å². The Morgan fingerprint density at radius 2 is 1.74 bits per heavy atom. The van der Waals surface area contributed by atoms with E-state index in [9.17, 15) is 4.79 Å². The van der Waals surface area contributed by atoms with Crippen LogP contribution >= 0.6 is 0 Å². The number of allylic oxidation sites excluding steroid dienone is 1. The van der Waals surface area contributed by atoms with E-state index in [0.717, 1.165) is 95.1 Å². The molecule has 5 fully saturated rings. The topological polar surface area (TPSA) is 84.1 Å². The van der Waals surface area contributed by atoms with Gasteiger partial charge in [0.05, 0.1) is 12.7 Å².